The first-order chi connectivity index (χ1) is 17.5. The third kappa shape index (κ3) is 55.1. The summed E-state index contributed by atoms with van der Waals surface area (Å²) in [7, 11) is 0. The van der Waals surface area contributed by atoms with Crippen LogP contribution in [-0.2, 0) is 4.74 Å². The number of pyridine rings is 1. The lowest BCUT2D eigenvalue weighted by atomic mass is 10.3. The van der Waals surface area contributed by atoms with Crippen molar-refractivity contribution in [3.05, 3.63) is 30.6 Å². The summed E-state index contributed by atoms with van der Waals surface area (Å²) in [4.78, 5) is 3.78. The lowest BCUT2D eigenvalue weighted by molar-refractivity contribution is 0.198. The zero-order chi connectivity index (χ0) is 27.7. The summed E-state index contributed by atoms with van der Waals surface area (Å²) in [5, 5.41) is 6.33. The Morgan fingerprint density at radius 1 is 0.429 bits per heavy atom. The van der Waals surface area contributed by atoms with E-state index in [1.807, 2.05) is 87.4 Å². The highest BCUT2D eigenvalue weighted by Crippen LogP contribution is 2.15. The maximum Gasteiger partial charge on any atom is 0.0466 e. The summed E-state index contributed by atoms with van der Waals surface area (Å²) in [6, 6.07) is 5.72. The molecule has 4 fully saturated rings. The molecular formula is C31H69N3O. The molecule has 0 unspecified atom stereocenters. The van der Waals surface area contributed by atoms with Crippen molar-refractivity contribution < 1.29 is 4.74 Å². The van der Waals surface area contributed by atoms with Crippen LogP contribution in [0.4, 0.5) is 0 Å². The summed E-state index contributed by atoms with van der Waals surface area (Å²) in [6.45, 7) is 27.0. The monoisotopic (exact) mass is 500 g/mol. The van der Waals surface area contributed by atoms with Crippen LogP contribution in [0.25, 0.3) is 0 Å². The van der Waals surface area contributed by atoms with Gasteiger partial charge in [-0.15, -0.1) is 0 Å². The Kier molecular flexibility index (Phi) is 73.9. The van der Waals surface area contributed by atoms with E-state index >= 15 is 0 Å². The molecule has 0 bridgehead atoms. The highest BCUT2D eigenvalue weighted by Gasteiger charge is 1.96. The number of hydrogen-bond donors (Lipinski definition) is 2. The molecule has 0 spiro atoms. The third-order valence-electron chi connectivity index (χ3n) is 4.31. The van der Waals surface area contributed by atoms with Gasteiger partial charge in [0.25, 0.3) is 0 Å². The average molecular weight is 500 g/mol. The molecule has 1 aromatic rings. The highest BCUT2D eigenvalue weighted by molar-refractivity contribution is 4.88. The van der Waals surface area contributed by atoms with Gasteiger partial charge in [0.1, 0.15) is 0 Å². The predicted octanol–water partition coefficient (Wildman–Crippen LogP) is 9.31. The van der Waals surface area contributed by atoms with E-state index in [2.05, 4.69) is 15.6 Å². The minimum Gasteiger partial charge on any atom is -0.381 e. The molecule has 1 aromatic heterocycles. The standard InChI is InChI=1S/C5H5N.C5H10.C4H9N.C4H8O.C3H7N.5C2H6/c1-2-4-6-5-3-1;3*1-2-4-5-3-1;1-2-4-3-1;5*1-2/h1-5H;1-5H2;5H,1-4H2;1-4H2;4H,1-3H2;5*1-2H3. The molecule has 0 amide bonds. The molecule has 0 atom stereocenters. The van der Waals surface area contributed by atoms with Gasteiger partial charge < -0.3 is 15.4 Å². The summed E-state index contributed by atoms with van der Waals surface area (Å²) >= 11 is 0. The normalized spacial score (nSPS) is 15.3. The Bertz CT molecular complexity index is 257. The minimum absolute atomic E-state index is 1.00. The van der Waals surface area contributed by atoms with Gasteiger partial charge in [-0.25, -0.2) is 0 Å². The Labute approximate surface area is 223 Å². The molecule has 35 heavy (non-hydrogen) atoms. The molecular weight excluding hydrogens is 430 g/mol. The molecule has 1 aliphatic carbocycles. The quantitative estimate of drug-likeness (QED) is 0.373. The Morgan fingerprint density at radius 3 is 0.857 bits per heavy atom. The van der Waals surface area contributed by atoms with Crippen LogP contribution in [0.15, 0.2) is 30.6 Å². The number of ether oxygens (including phenoxy) is 1. The van der Waals surface area contributed by atoms with E-state index in [0.717, 1.165) is 13.2 Å². The summed E-state index contributed by atoms with van der Waals surface area (Å²) in [6.07, 6.45) is 17.7. The van der Waals surface area contributed by atoms with Gasteiger partial charge in [0.15, 0.2) is 0 Å². The van der Waals surface area contributed by atoms with Gasteiger partial charge in [0.05, 0.1) is 0 Å². The van der Waals surface area contributed by atoms with Crippen molar-refractivity contribution in [2.45, 2.75) is 133 Å². The molecule has 4 heterocycles. The van der Waals surface area contributed by atoms with Crippen LogP contribution in [-0.4, -0.2) is 44.4 Å². The molecule has 214 valence electrons. The van der Waals surface area contributed by atoms with Crippen LogP contribution in [0.3, 0.4) is 0 Å². The third-order valence-corrected chi connectivity index (χ3v) is 4.31. The van der Waals surface area contributed by atoms with Crippen molar-refractivity contribution in [1.29, 1.82) is 0 Å². The van der Waals surface area contributed by atoms with Gasteiger partial charge in [-0.3, -0.25) is 4.98 Å². The van der Waals surface area contributed by atoms with Crippen LogP contribution in [0.2, 0.25) is 0 Å². The van der Waals surface area contributed by atoms with Crippen molar-refractivity contribution in [1.82, 2.24) is 15.6 Å². The second-order valence-corrected chi connectivity index (χ2v) is 6.67. The average Bonchev–Trinajstić information content (AvgIpc) is 3.78. The van der Waals surface area contributed by atoms with Gasteiger partial charge in [0.2, 0.25) is 0 Å². The Morgan fingerprint density at radius 2 is 0.743 bits per heavy atom. The number of rotatable bonds is 0. The Balaban J connectivity index is -0.0000000987. The van der Waals surface area contributed by atoms with Gasteiger partial charge in [-0.2, -0.15) is 0 Å². The van der Waals surface area contributed by atoms with Crippen LogP contribution in [0.5, 0.6) is 0 Å². The van der Waals surface area contributed by atoms with Crippen molar-refractivity contribution in [3.8, 4) is 0 Å². The van der Waals surface area contributed by atoms with Gasteiger partial charge in [0, 0.05) is 25.6 Å². The van der Waals surface area contributed by atoms with E-state index in [-0.39, 0.29) is 0 Å². The van der Waals surface area contributed by atoms with Crippen molar-refractivity contribution >= 4 is 0 Å². The van der Waals surface area contributed by atoms with E-state index in [1.165, 1.54) is 90.4 Å². The summed E-state index contributed by atoms with van der Waals surface area (Å²) in [5.74, 6) is 0. The first-order valence-electron chi connectivity index (χ1n) is 15.3. The fourth-order valence-electron chi connectivity index (χ4n) is 2.51. The lowest BCUT2D eigenvalue weighted by Crippen LogP contribution is -2.29. The molecule has 4 nitrogen and oxygen atoms in total. The van der Waals surface area contributed by atoms with Gasteiger partial charge >= 0.3 is 0 Å². The first kappa shape index (κ1) is 44.1. The highest BCUT2D eigenvalue weighted by atomic mass is 16.5. The van der Waals surface area contributed by atoms with Crippen molar-refractivity contribution in [2.75, 3.05) is 39.4 Å². The molecule has 5 rings (SSSR count). The van der Waals surface area contributed by atoms with Crippen LogP contribution < -0.4 is 10.6 Å². The second kappa shape index (κ2) is 58.7. The number of hydrogen-bond acceptors (Lipinski definition) is 4. The minimum atomic E-state index is 1.00. The molecule has 4 heteroatoms. The zero-order valence-electron chi connectivity index (χ0n) is 26.1. The van der Waals surface area contributed by atoms with Gasteiger partial charge in [-0.05, 0) is 70.4 Å². The molecule has 3 saturated heterocycles. The molecule has 1 saturated carbocycles. The molecule has 3 aliphatic heterocycles. The fraction of sp³-hybridized carbons (Fsp3) is 0.839. The van der Waals surface area contributed by atoms with Crippen LogP contribution in [0.1, 0.15) is 133 Å². The molecule has 0 radical (unpaired) electrons. The SMILES string of the molecule is C1CCCC1.C1CCNC1.C1CCOC1.C1CNC1.CC.CC.CC.CC.CC.c1ccncc1. The fourth-order valence-corrected chi connectivity index (χ4v) is 2.51. The van der Waals surface area contributed by atoms with E-state index in [0.29, 0.717) is 0 Å². The van der Waals surface area contributed by atoms with E-state index in [4.69, 9.17) is 4.74 Å². The molecule has 2 N–H and O–H groups in total. The number of nitrogens with zero attached hydrogens (tertiary/aromatic N) is 1. The predicted molar refractivity (Wildman–Crippen MR) is 164 cm³/mol. The van der Waals surface area contributed by atoms with E-state index in [1.54, 1.807) is 12.4 Å². The number of aromatic nitrogens is 1. The molecule has 4 aliphatic rings. The summed E-state index contributed by atoms with van der Waals surface area (Å²) < 4.78 is 4.94. The van der Waals surface area contributed by atoms with Crippen LogP contribution in [0, 0.1) is 0 Å². The zero-order valence-corrected chi connectivity index (χ0v) is 26.1. The number of nitrogens with one attached hydrogen (secondary N) is 2. The van der Waals surface area contributed by atoms with Crippen LogP contribution >= 0.6 is 0 Å². The molecule has 0 aromatic carbocycles. The van der Waals surface area contributed by atoms with E-state index < -0.39 is 0 Å². The van der Waals surface area contributed by atoms with Crippen molar-refractivity contribution in [2.24, 2.45) is 0 Å². The second-order valence-electron chi connectivity index (χ2n) is 6.67. The lowest BCUT2D eigenvalue weighted by Gasteiger charge is -2.09. The van der Waals surface area contributed by atoms with E-state index in [9.17, 15) is 0 Å². The maximum absolute atomic E-state index is 4.94. The summed E-state index contributed by atoms with van der Waals surface area (Å²) in [5.41, 5.74) is 0. The Hall–Kier alpha value is -0.970. The topological polar surface area (TPSA) is 46.2 Å². The van der Waals surface area contributed by atoms with Crippen molar-refractivity contribution in [3.63, 3.8) is 0 Å². The largest absolute Gasteiger partial charge is 0.381 e. The maximum atomic E-state index is 4.94. The first-order valence-corrected chi connectivity index (χ1v) is 15.3. The smallest absolute Gasteiger partial charge is 0.0466 e. The van der Waals surface area contributed by atoms with Gasteiger partial charge in [-0.1, -0.05) is 107 Å².